The Kier molecular flexibility index (Phi) is 3.68. The molecule has 0 spiro atoms. The van der Waals surface area contributed by atoms with Crippen LogP contribution in [-0.4, -0.2) is 42.0 Å². The van der Waals surface area contributed by atoms with Gasteiger partial charge >= 0.3 is 0 Å². The summed E-state index contributed by atoms with van der Waals surface area (Å²) in [6.07, 6.45) is 4.51. The molecule has 2 heterocycles. The number of halogens is 1. The summed E-state index contributed by atoms with van der Waals surface area (Å²) in [4.78, 5) is 17.4. The molecule has 0 bridgehead atoms. The summed E-state index contributed by atoms with van der Waals surface area (Å²) in [6, 6.07) is 1.56. The normalized spacial score (nSPS) is 20.0. The van der Waals surface area contributed by atoms with Crippen molar-refractivity contribution < 1.29 is 9.18 Å². The molecule has 1 saturated heterocycles. The van der Waals surface area contributed by atoms with Crippen LogP contribution in [0, 0.1) is 5.82 Å². The van der Waals surface area contributed by atoms with Crippen LogP contribution < -0.4 is 5.32 Å². The molecule has 5 heteroatoms. The molecule has 1 aromatic heterocycles. The SMILES string of the molecule is CN(C(=O)c1ccncc1F)C1CCCNC1. The van der Waals surface area contributed by atoms with Gasteiger partial charge < -0.3 is 10.2 Å². The fourth-order valence-corrected chi connectivity index (χ4v) is 2.07. The second-order valence-corrected chi connectivity index (χ2v) is 4.27. The van der Waals surface area contributed by atoms with Crippen LogP contribution in [0.1, 0.15) is 23.2 Å². The van der Waals surface area contributed by atoms with Crippen molar-refractivity contribution in [1.29, 1.82) is 0 Å². The highest BCUT2D eigenvalue weighted by molar-refractivity contribution is 5.94. The minimum Gasteiger partial charge on any atom is -0.337 e. The average molecular weight is 237 g/mol. The summed E-state index contributed by atoms with van der Waals surface area (Å²) in [5, 5.41) is 3.24. The van der Waals surface area contributed by atoms with Gasteiger partial charge in [0.15, 0.2) is 5.82 Å². The lowest BCUT2D eigenvalue weighted by atomic mass is 10.1. The van der Waals surface area contributed by atoms with Gasteiger partial charge in [-0.1, -0.05) is 0 Å². The van der Waals surface area contributed by atoms with E-state index in [4.69, 9.17) is 0 Å². The van der Waals surface area contributed by atoms with Crippen molar-refractivity contribution in [2.24, 2.45) is 0 Å². The van der Waals surface area contributed by atoms with E-state index in [1.165, 1.54) is 12.3 Å². The molecule has 0 aromatic carbocycles. The summed E-state index contributed by atoms with van der Waals surface area (Å²) in [7, 11) is 1.72. The van der Waals surface area contributed by atoms with Crippen LogP contribution >= 0.6 is 0 Å². The zero-order valence-corrected chi connectivity index (χ0v) is 9.82. The highest BCUT2D eigenvalue weighted by atomic mass is 19.1. The number of nitrogens with one attached hydrogen (secondary N) is 1. The number of piperidine rings is 1. The third-order valence-corrected chi connectivity index (χ3v) is 3.14. The number of carbonyl (C=O) groups is 1. The molecule has 0 aliphatic carbocycles. The molecule has 1 N–H and O–H groups in total. The van der Waals surface area contributed by atoms with Gasteiger partial charge in [0.1, 0.15) is 0 Å². The lowest BCUT2D eigenvalue weighted by Gasteiger charge is -2.31. The standard InChI is InChI=1S/C12H16FN3O/c1-16(9-3-2-5-14-7-9)12(17)10-4-6-15-8-11(10)13/h4,6,8-9,14H,2-3,5,7H2,1H3. The number of rotatable bonds is 2. The number of aromatic nitrogens is 1. The first-order chi connectivity index (χ1) is 8.20. The number of nitrogens with zero attached hydrogens (tertiary/aromatic N) is 2. The highest BCUT2D eigenvalue weighted by Gasteiger charge is 2.24. The van der Waals surface area contributed by atoms with Crippen molar-refractivity contribution in [1.82, 2.24) is 15.2 Å². The van der Waals surface area contributed by atoms with Crippen LogP contribution in [0.5, 0.6) is 0 Å². The first-order valence-corrected chi connectivity index (χ1v) is 5.77. The minimum atomic E-state index is -0.562. The summed E-state index contributed by atoms with van der Waals surface area (Å²) in [5.74, 6) is -0.841. The van der Waals surface area contributed by atoms with E-state index in [1.54, 1.807) is 11.9 Å². The van der Waals surface area contributed by atoms with E-state index < -0.39 is 5.82 Å². The van der Waals surface area contributed by atoms with Gasteiger partial charge in [-0.3, -0.25) is 9.78 Å². The number of likely N-dealkylation sites (N-methyl/N-ethyl adjacent to an activating group) is 1. The summed E-state index contributed by atoms with van der Waals surface area (Å²) in [6.45, 7) is 1.76. The van der Waals surface area contributed by atoms with Gasteiger partial charge in [-0.05, 0) is 25.5 Å². The Morgan fingerprint density at radius 2 is 2.47 bits per heavy atom. The van der Waals surface area contributed by atoms with Crippen molar-refractivity contribution in [3.05, 3.63) is 29.8 Å². The molecule has 2 rings (SSSR count). The Labute approximate surface area is 99.8 Å². The van der Waals surface area contributed by atoms with Crippen molar-refractivity contribution >= 4 is 5.91 Å². The fourth-order valence-electron chi connectivity index (χ4n) is 2.07. The molecule has 1 aliphatic heterocycles. The van der Waals surface area contributed by atoms with E-state index in [-0.39, 0.29) is 17.5 Å². The van der Waals surface area contributed by atoms with Crippen molar-refractivity contribution in [3.8, 4) is 0 Å². The molecule has 1 amide bonds. The summed E-state index contributed by atoms with van der Waals surface area (Å²) >= 11 is 0. The molecule has 0 saturated carbocycles. The topological polar surface area (TPSA) is 45.2 Å². The predicted molar refractivity (Wildman–Crippen MR) is 62.2 cm³/mol. The molecular formula is C12H16FN3O. The van der Waals surface area contributed by atoms with Crippen molar-refractivity contribution in [2.75, 3.05) is 20.1 Å². The van der Waals surface area contributed by atoms with Gasteiger partial charge in [-0.15, -0.1) is 0 Å². The first kappa shape index (κ1) is 12.0. The lowest BCUT2D eigenvalue weighted by Crippen LogP contribution is -2.46. The molecule has 4 nitrogen and oxygen atoms in total. The lowest BCUT2D eigenvalue weighted by molar-refractivity contribution is 0.0703. The summed E-state index contributed by atoms with van der Waals surface area (Å²) in [5.41, 5.74) is 0.0908. The van der Waals surface area contributed by atoms with E-state index in [0.29, 0.717) is 0 Å². The summed E-state index contributed by atoms with van der Waals surface area (Å²) < 4.78 is 13.4. The second kappa shape index (κ2) is 5.23. The van der Waals surface area contributed by atoms with Gasteiger partial charge in [0.2, 0.25) is 0 Å². The maximum Gasteiger partial charge on any atom is 0.256 e. The average Bonchev–Trinajstić information content (AvgIpc) is 2.39. The van der Waals surface area contributed by atoms with E-state index >= 15 is 0 Å². The van der Waals surface area contributed by atoms with Crippen LogP contribution in [0.25, 0.3) is 0 Å². The highest BCUT2D eigenvalue weighted by Crippen LogP contribution is 2.14. The van der Waals surface area contributed by atoms with Gasteiger partial charge in [0, 0.05) is 25.8 Å². The fraction of sp³-hybridized carbons (Fsp3) is 0.500. The maximum absolute atomic E-state index is 13.4. The molecular weight excluding hydrogens is 221 g/mol. The Hall–Kier alpha value is -1.49. The van der Waals surface area contributed by atoms with Crippen molar-refractivity contribution in [2.45, 2.75) is 18.9 Å². The Morgan fingerprint density at radius 3 is 3.12 bits per heavy atom. The minimum absolute atomic E-state index is 0.0908. The third-order valence-electron chi connectivity index (χ3n) is 3.14. The van der Waals surface area contributed by atoms with E-state index in [9.17, 15) is 9.18 Å². The molecule has 1 atom stereocenters. The van der Waals surface area contributed by atoms with Crippen molar-refractivity contribution in [3.63, 3.8) is 0 Å². The van der Waals surface area contributed by atoms with E-state index in [2.05, 4.69) is 10.3 Å². The monoisotopic (exact) mass is 237 g/mol. The third kappa shape index (κ3) is 2.61. The molecule has 17 heavy (non-hydrogen) atoms. The molecule has 1 aromatic rings. The maximum atomic E-state index is 13.4. The molecule has 1 aliphatic rings. The first-order valence-electron chi connectivity index (χ1n) is 5.77. The van der Waals surface area contributed by atoms with Gasteiger partial charge in [0.05, 0.1) is 11.8 Å². The smallest absolute Gasteiger partial charge is 0.256 e. The van der Waals surface area contributed by atoms with E-state index in [1.807, 2.05) is 0 Å². The number of pyridine rings is 1. The number of amides is 1. The van der Waals surface area contributed by atoms with Crippen LogP contribution in [0.4, 0.5) is 4.39 Å². The number of hydrogen-bond donors (Lipinski definition) is 1. The molecule has 1 unspecified atom stereocenters. The quantitative estimate of drug-likeness (QED) is 0.836. The van der Waals surface area contributed by atoms with Gasteiger partial charge in [-0.2, -0.15) is 0 Å². The second-order valence-electron chi connectivity index (χ2n) is 4.27. The molecule has 0 radical (unpaired) electrons. The van der Waals surface area contributed by atoms with Gasteiger partial charge in [-0.25, -0.2) is 4.39 Å². The van der Waals surface area contributed by atoms with Crippen LogP contribution in [-0.2, 0) is 0 Å². The Balaban J connectivity index is 2.11. The zero-order valence-electron chi connectivity index (χ0n) is 9.82. The number of hydrogen-bond acceptors (Lipinski definition) is 3. The van der Waals surface area contributed by atoms with Crippen LogP contribution in [0.2, 0.25) is 0 Å². The number of carbonyl (C=O) groups excluding carboxylic acids is 1. The Morgan fingerprint density at radius 1 is 1.65 bits per heavy atom. The predicted octanol–water partition coefficient (Wildman–Crippen LogP) is 1.04. The van der Waals surface area contributed by atoms with E-state index in [0.717, 1.165) is 32.1 Å². The van der Waals surface area contributed by atoms with Crippen LogP contribution in [0.15, 0.2) is 18.5 Å². The molecule has 92 valence electrons. The molecule has 1 fully saturated rings. The van der Waals surface area contributed by atoms with Crippen LogP contribution in [0.3, 0.4) is 0 Å². The Bertz CT molecular complexity index is 404. The van der Waals surface area contributed by atoms with Gasteiger partial charge in [0.25, 0.3) is 5.91 Å². The zero-order chi connectivity index (χ0) is 12.3. The largest absolute Gasteiger partial charge is 0.337 e.